The molecule has 0 spiro atoms. The molecule has 1 heterocycles. The van der Waals surface area contributed by atoms with Crippen molar-refractivity contribution >= 4 is 21.4 Å². The lowest BCUT2D eigenvalue weighted by atomic mass is 10.0. The molecular formula is C15H20N2O2S2. The minimum atomic E-state index is -3.30. The number of benzene rings is 1. The predicted molar refractivity (Wildman–Crippen MR) is 87.0 cm³/mol. The zero-order valence-corrected chi connectivity index (χ0v) is 14.1. The Balaban J connectivity index is 2.04. The van der Waals surface area contributed by atoms with Gasteiger partial charge in [-0.1, -0.05) is 37.3 Å². The Bertz CT molecular complexity index is 681. The SMILES string of the molecule is Cc1nc(CN(C)S(=O)(=O)C[C@@H](C)c2ccccc2)cs1. The first kappa shape index (κ1) is 16.1. The molecule has 0 unspecified atom stereocenters. The van der Waals surface area contributed by atoms with Crippen molar-refractivity contribution in [3.63, 3.8) is 0 Å². The zero-order chi connectivity index (χ0) is 15.5. The number of nitrogens with zero attached hydrogens (tertiary/aromatic N) is 2. The average Bonchev–Trinajstić information content (AvgIpc) is 2.84. The highest BCUT2D eigenvalue weighted by molar-refractivity contribution is 7.89. The number of sulfonamides is 1. The Morgan fingerprint density at radius 1 is 1.29 bits per heavy atom. The number of hydrogen-bond acceptors (Lipinski definition) is 4. The summed E-state index contributed by atoms with van der Waals surface area (Å²) in [6, 6.07) is 9.72. The van der Waals surface area contributed by atoms with Gasteiger partial charge in [0, 0.05) is 12.4 Å². The Labute approximate surface area is 130 Å². The van der Waals surface area contributed by atoms with Gasteiger partial charge in [0.25, 0.3) is 0 Å². The normalized spacial score (nSPS) is 13.5. The summed E-state index contributed by atoms with van der Waals surface area (Å²) in [5.74, 6) is 0.0761. The topological polar surface area (TPSA) is 50.3 Å². The van der Waals surface area contributed by atoms with Crippen LogP contribution < -0.4 is 0 Å². The van der Waals surface area contributed by atoms with Gasteiger partial charge in [0.1, 0.15) is 0 Å². The number of aryl methyl sites for hydroxylation is 1. The van der Waals surface area contributed by atoms with Crippen LogP contribution in [-0.4, -0.2) is 30.5 Å². The van der Waals surface area contributed by atoms with Gasteiger partial charge < -0.3 is 0 Å². The fraction of sp³-hybridized carbons (Fsp3) is 0.400. The predicted octanol–water partition coefficient (Wildman–Crippen LogP) is 3.02. The second-order valence-corrected chi connectivity index (χ2v) is 8.39. The number of aromatic nitrogens is 1. The van der Waals surface area contributed by atoms with Crippen molar-refractivity contribution in [3.8, 4) is 0 Å². The van der Waals surface area contributed by atoms with E-state index < -0.39 is 10.0 Å². The maximum absolute atomic E-state index is 12.4. The minimum Gasteiger partial charge on any atom is -0.245 e. The fourth-order valence-corrected chi connectivity index (χ4v) is 4.14. The van der Waals surface area contributed by atoms with Crippen LogP contribution in [-0.2, 0) is 16.6 Å². The van der Waals surface area contributed by atoms with Crippen LogP contribution in [0.15, 0.2) is 35.7 Å². The molecular weight excluding hydrogens is 304 g/mol. The van der Waals surface area contributed by atoms with E-state index in [1.807, 2.05) is 49.6 Å². The van der Waals surface area contributed by atoms with E-state index in [1.54, 1.807) is 7.05 Å². The summed E-state index contributed by atoms with van der Waals surface area (Å²) in [5, 5.41) is 2.86. The summed E-state index contributed by atoms with van der Waals surface area (Å²) in [7, 11) is -1.69. The molecule has 0 bridgehead atoms. The molecule has 21 heavy (non-hydrogen) atoms. The van der Waals surface area contributed by atoms with Crippen LogP contribution in [0.2, 0.25) is 0 Å². The highest BCUT2D eigenvalue weighted by Gasteiger charge is 2.22. The van der Waals surface area contributed by atoms with Crippen LogP contribution in [0.25, 0.3) is 0 Å². The monoisotopic (exact) mass is 324 g/mol. The highest BCUT2D eigenvalue weighted by Crippen LogP contribution is 2.19. The van der Waals surface area contributed by atoms with Crippen molar-refractivity contribution < 1.29 is 8.42 Å². The third kappa shape index (κ3) is 4.36. The molecule has 6 heteroatoms. The van der Waals surface area contributed by atoms with Gasteiger partial charge in [-0.3, -0.25) is 0 Å². The average molecular weight is 324 g/mol. The van der Waals surface area contributed by atoms with Crippen LogP contribution in [0.1, 0.15) is 29.1 Å². The van der Waals surface area contributed by atoms with E-state index in [1.165, 1.54) is 15.6 Å². The van der Waals surface area contributed by atoms with E-state index in [2.05, 4.69) is 4.98 Å². The van der Waals surface area contributed by atoms with Gasteiger partial charge in [-0.05, 0) is 18.4 Å². The molecule has 2 aromatic rings. The molecule has 0 aliphatic carbocycles. The van der Waals surface area contributed by atoms with Gasteiger partial charge in [0.15, 0.2) is 0 Å². The minimum absolute atomic E-state index is 0.0316. The molecule has 114 valence electrons. The van der Waals surface area contributed by atoms with E-state index in [-0.39, 0.29) is 11.7 Å². The van der Waals surface area contributed by atoms with E-state index in [9.17, 15) is 8.42 Å². The standard InChI is InChI=1S/C15H20N2O2S2/c1-12(14-7-5-4-6-8-14)11-21(18,19)17(3)9-15-10-20-13(2)16-15/h4-8,10,12H,9,11H2,1-3H3/t12-/m1/s1. The van der Waals surface area contributed by atoms with Crippen molar-refractivity contribution in [2.75, 3.05) is 12.8 Å². The van der Waals surface area contributed by atoms with Crippen molar-refractivity contribution in [1.29, 1.82) is 0 Å². The Morgan fingerprint density at radius 3 is 2.52 bits per heavy atom. The Kier molecular flexibility index (Phi) is 5.13. The molecule has 1 aromatic carbocycles. The van der Waals surface area contributed by atoms with Gasteiger partial charge in [-0.15, -0.1) is 11.3 Å². The third-order valence-electron chi connectivity index (χ3n) is 3.36. The first-order valence-corrected chi connectivity index (χ1v) is 9.27. The lowest BCUT2D eigenvalue weighted by Gasteiger charge is -2.19. The third-order valence-corrected chi connectivity index (χ3v) is 6.18. The fourth-order valence-electron chi connectivity index (χ4n) is 2.13. The lowest BCUT2D eigenvalue weighted by molar-refractivity contribution is 0.460. The molecule has 0 saturated heterocycles. The van der Waals surface area contributed by atoms with E-state index in [4.69, 9.17) is 0 Å². The maximum atomic E-state index is 12.4. The quantitative estimate of drug-likeness (QED) is 0.821. The highest BCUT2D eigenvalue weighted by atomic mass is 32.2. The Hall–Kier alpha value is -1.24. The summed E-state index contributed by atoms with van der Waals surface area (Å²) < 4.78 is 26.2. The summed E-state index contributed by atoms with van der Waals surface area (Å²) >= 11 is 1.54. The van der Waals surface area contributed by atoms with Crippen LogP contribution >= 0.6 is 11.3 Å². The zero-order valence-electron chi connectivity index (χ0n) is 12.5. The smallest absolute Gasteiger partial charge is 0.214 e. The van der Waals surface area contributed by atoms with Crippen molar-refractivity contribution in [1.82, 2.24) is 9.29 Å². The van der Waals surface area contributed by atoms with Crippen LogP contribution in [0.3, 0.4) is 0 Å². The van der Waals surface area contributed by atoms with Crippen LogP contribution in [0.4, 0.5) is 0 Å². The molecule has 0 fully saturated rings. The first-order chi connectivity index (χ1) is 9.88. The molecule has 0 aliphatic rings. The van der Waals surface area contributed by atoms with Gasteiger partial charge in [0.2, 0.25) is 10.0 Å². The number of thiazole rings is 1. The molecule has 1 atom stereocenters. The Morgan fingerprint density at radius 2 is 1.95 bits per heavy atom. The van der Waals surface area contributed by atoms with E-state index >= 15 is 0 Å². The second-order valence-electron chi connectivity index (χ2n) is 5.20. The van der Waals surface area contributed by atoms with Crippen LogP contribution in [0, 0.1) is 6.92 Å². The van der Waals surface area contributed by atoms with Crippen molar-refractivity contribution in [3.05, 3.63) is 52.0 Å². The first-order valence-electron chi connectivity index (χ1n) is 6.78. The molecule has 0 amide bonds. The second kappa shape index (κ2) is 6.68. The van der Waals surface area contributed by atoms with Gasteiger partial charge in [-0.25, -0.2) is 13.4 Å². The largest absolute Gasteiger partial charge is 0.245 e. The van der Waals surface area contributed by atoms with Crippen molar-refractivity contribution in [2.24, 2.45) is 0 Å². The van der Waals surface area contributed by atoms with Crippen molar-refractivity contribution in [2.45, 2.75) is 26.3 Å². The van der Waals surface area contributed by atoms with E-state index in [0.717, 1.165) is 16.3 Å². The molecule has 1 aromatic heterocycles. The molecule has 0 radical (unpaired) electrons. The maximum Gasteiger partial charge on any atom is 0.214 e. The number of hydrogen-bond donors (Lipinski definition) is 0. The summed E-state index contributed by atoms with van der Waals surface area (Å²) in [4.78, 5) is 4.31. The van der Waals surface area contributed by atoms with Gasteiger partial charge >= 0.3 is 0 Å². The van der Waals surface area contributed by atoms with E-state index in [0.29, 0.717) is 6.54 Å². The summed E-state index contributed by atoms with van der Waals surface area (Å²) in [6.45, 7) is 4.18. The number of rotatable bonds is 6. The van der Waals surface area contributed by atoms with Crippen LogP contribution in [0.5, 0.6) is 0 Å². The van der Waals surface area contributed by atoms with Gasteiger partial charge in [-0.2, -0.15) is 4.31 Å². The lowest BCUT2D eigenvalue weighted by Crippen LogP contribution is -2.30. The molecule has 0 aliphatic heterocycles. The summed E-state index contributed by atoms with van der Waals surface area (Å²) in [5.41, 5.74) is 1.84. The van der Waals surface area contributed by atoms with Gasteiger partial charge in [0.05, 0.1) is 23.0 Å². The molecule has 4 nitrogen and oxygen atoms in total. The molecule has 0 N–H and O–H groups in total. The molecule has 2 rings (SSSR count). The summed E-state index contributed by atoms with van der Waals surface area (Å²) in [6.07, 6.45) is 0. The molecule has 0 saturated carbocycles.